The van der Waals surface area contributed by atoms with Gasteiger partial charge >= 0.3 is 6.18 Å². The molecule has 0 aliphatic carbocycles. The molecule has 1 heterocycles. The average molecular weight is 351 g/mol. The van der Waals surface area contributed by atoms with E-state index in [1.54, 1.807) is 0 Å². The Morgan fingerprint density at radius 1 is 1.17 bits per heavy atom. The highest BCUT2D eigenvalue weighted by Gasteiger charge is 2.37. The Morgan fingerprint density at radius 3 is 2.26 bits per heavy atom. The fourth-order valence-corrected chi connectivity index (χ4v) is 2.60. The standard InChI is InChI=1S/C15H24F3NO3Si/c1-14(2,3)23(4,5)22-7-6-21-13-9-19-11(10-20)8-12(13)15(16,17)18/h8-9,20H,6-7,10H2,1-5H3. The van der Waals surface area contributed by atoms with Crippen LogP contribution in [0.25, 0.3) is 0 Å². The average Bonchev–Trinajstić information content (AvgIpc) is 2.41. The van der Waals surface area contributed by atoms with Gasteiger partial charge < -0.3 is 14.3 Å². The maximum Gasteiger partial charge on any atom is 0.420 e. The molecule has 0 saturated carbocycles. The molecule has 0 fully saturated rings. The number of hydrogen-bond donors (Lipinski definition) is 1. The molecule has 1 aromatic rings. The van der Waals surface area contributed by atoms with Crippen molar-refractivity contribution in [2.45, 2.75) is 51.7 Å². The first-order valence-corrected chi connectivity index (χ1v) is 10.2. The first kappa shape index (κ1) is 19.9. The van der Waals surface area contributed by atoms with Crippen molar-refractivity contribution in [3.8, 4) is 5.75 Å². The lowest BCUT2D eigenvalue weighted by Gasteiger charge is -2.36. The Bertz CT molecular complexity index is 528. The van der Waals surface area contributed by atoms with E-state index >= 15 is 0 Å². The van der Waals surface area contributed by atoms with Gasteiger partial charge in [-0.2, -0.15) is 13.2 Å². The van der Waals surface area contributed by atoms with E-state index in [0.29, 0.717) is 0 Å². The second kappa shape index (κ2) is 7.19. The Morgan fingerprint density at radius 2 is 1.78 bits per heavy atom. The van der Waals surface area contributed by atoms with Crippen LogP contribution in [0.15, 0.2) is 12.3 Å². The topological polar surface area (TPSA) is 51.6 Å². The van der Waals surface area contributed by atoms with Gasteiger partial charge in [0.05, 0.1) is 25.1 Å². The molecule has 0 radical (unpaired) electrons. The molecule has 0 atom stereocenters. The van der Waals surface area contributed by atoms with Crippen LogP contribution in [0.5, 0.6) is 5.75 Å². The number of halogens is 3. The van der Waals surface area contributed by atoms with Gasteiger partial charge in [0.25, 0.3) is 0 Å². The predicted molar refractivity (Wildman–Crippen MR) is 83.8 cm³/mol. The van der Waals surface area contributed by atoms with Gasteiger partial charge in [0, 0.05) is 0 Å². The minimum atomic E-state index is -4.57. The number of rotatable bonds is 6. The summed E-state index contributed by atoms with van der Waals surface area (Å²) in [5, 5.41) is 8.93. The summed E-state index contributed by atoms with van der Waals surface area (Å²) in [4.78, 5) is 3.73. The summed E-state index contributed by atoms with van der Waals surface area (Å²) in [5.41, 5.74) is -0.994. The van der Waals surface area contributed by atoms with Crippen molar-refractivity contribution in [2.75, 3.05) is 13.2 Å². The van der Waals surface area contributed by atoms with Crippen LogP contribution in [0.1, 0.15) is 32.0 Å². The van der Waals surface area contributed by atoms with Crippen LogP contribution in [0.2, 0.25) is 18.1 Å². The molecule has 0 aromatic carbocycles. The minimum absolute atomic E-state index is 0.00966. The van der Waals surface area contributed by atoms with Crippen LogP contribution in [0, 0.1) is 0 Å². The fraction of sp³-hybridized carbons (Fsp3) is 0.667. The molecule has 0 bridgehead atoms. The molecule has 132 valence electrons. The molecule has 0 saturated heterocycles. The summed E-state index contributed by atoms with van der Waals surface area (Å²) in [6.45, 7) is 10.0. The zero-order valence-electron chi connectivity index (χ0n) is 14.1. The number of nitrogens with zero attached hydrogens (tertiary/aromatic N) is 1. The van der Waals surface area contributed by atoms with E-state index in [0.717, 1.165) is 12.3 Å². The highest BCUT2D eigenvalue weighted by Crippen LogP contribution is 2.37. The highest BCUT2D eigenvalue weighted by molar-refractivity contribution is 6.74. The van der Waals surface area contributed by atoms with E-state index < -0.39 is 26.7 Å². The Hall–Kier alpha value is -1.12. The second-order valence-electron chi connectivity index (χ2n) is 6.78. The molecular formula is C15H24F3NO3Si. The summed E-state index contributed by atoms with van der Waals surface area (Å²) < 4.78 is 50.1. The molecule has 0 aliphatic rings. The lowest BCUT2D eigenvalue weighted by atomic mass is 10.2. The van der Waals surface area contributed by atoms with E-state index in [9.17, 15) is 13.2 Å². The molecule has 4 nitrogen and oxygen atoms in total. The SMILES string of the molecule is CC(C)(C)[Si](C)(C)OCCOc1cnc(CO)cc1C(F)(F)F. The molecule has 1 rings (SSSR count). The smallest absolute Gasteiger partial charge is 0.420 e. The maximum atomic E-state index is 13.0. The van der Waals surface area contributed by atoms with Crippen molar-refractivity contribution >= 4 is 8.32 Å². The van der Waals surface area contributed by atoms with Crippen LogP contribution in [0.4, 0.5) is 13.2 Å². The summed E-state index contributed by atoms with van der Waals surface area (Å²) in [7, 11) is -1.96. The van der Waals surface area contributed by atoms with Gasteiger partial charge in [0.15, 0.2) is 8.32 Å². The Balaban J connectivity index is 2.72. The van der Waals surface area contributed by atoms with E-state index in [1.165, 1.54) is 0 Å². The van der Waals surface area contributed by atoms with Crippen LogP contribution < -0.4 is 4.74 Å². The largest absolute Gasteiger partial charge is 0.489 e. The molecule has 0 amide bonds. The molecule has 0 spiro atoms. The number of pyridine rings is 1. The van der Waals surface area contributed by atoms with Gasteiger partial charge in [0.2, 0.25) is 0 Å². The molecule has 0 unspecified atom stereocenters. The Kier molecular flexibility index (Phi) is 6.23. The van der Waals surface area contributed by atoms with Gasteiger partial charge in [-0.15, -0.1) is 0 Å². The molecule has 23 heavy (non-hydrogen) atoms. The van der Waals surface area contributed by atoms with Gasteiger partial charge in [-0.1, -0.05) is 20.8 Å². The third kappa shape index (κ3) is 5.47. The number of aromatic nitrogens is 1. The van der Waals surface area contributed by atoms with Gasteiger partial charge in [-0.25, -0.2) is 0 Å². The lowest BCUT2D eigenvalue weighted by molar-refractivity contribution is -0.139. The quantitative estimate of drug-likeness (QED) is 0.622. The van der Waals surface area contributed by atoms with Gasteiger partial charge in [0.1, 0.15) is 17.9 Å². The number of alkyl halides is 3. The van der Waals surface area contributed by atoms with Crippen LogP contribution >= 0.6 is 0 Å². The van der Waals surface area contributed by atoms with Crippen molar-refractivity contribution in [1.82, 2.24) is 4.98 Å². The van der Waals surface area contributed by atoms with Crippen molar-refractivity contribution in [3.05, 3.63) is 23.5 Å². The van der Waals surface area contributed by atoms with E-state index in [1.807, 2.05) is 0 Å². The van der Waals surface area contributed by atoms with Gasteiger partial charge in [-0.3, -0.25) is 4.98 Å². The number of hydrogen-bond acceptors (Lipinski definition) is 4. The van der Waals surface area contributed by atoms with Crippen molar-refractivity contribution in [3.63, 3.8) is 0 Å². The summed E-state index contributed by atoms with van der Waals surface area (Å²) in [6, 6.07) is 0.796. The maximum absolute atomic E-state index is 13.0. The van der Waals surface area contributed by atoms with Gasteiger partial charge in [-0.05, 0) is 24.2 Å². The van der Waals surface area contributed by atoms with Crippen LogP contribution in [-0.2, 0) is 17.2 Å². The first-order valence-electron chi connectivity index (χ1n) is 7.32. The molecule has 1 N–H and O–H groups in total. The zero-order valence-corrected chi connectivity index (χ0v) is 15.1. The van der Waals surface area contributed by atoms with Crippen molar-refractivity contribution in [1.29, 1.82) is 0 Å². The monoisotopic (exact) mass is 351 g/mol. The number of aliphatic hydroxyl groups is 1. The van der Waals surface area contributed by atoms with E-state index in [-0.39, 0.29) is 29.7 Å². The number of ether oxygens (including phenoxy) is 1. The van der Waals surface area contributed by atoms with Crippen LogP contribution in [-0.4, -0.2) is 31.6 Å². The zero-order chi connectivity index (χ0) is 17.9. The summed E-state index contributed by atoms with van der Waals surface area (Å²) >= 11 is 0. The second-order valence-corrected chi connectivity index (χ2v) is 11.6. The number of aliphatic hydroxyl groups excluding tert-OH is 1. The van der Waals surface area contributed by atoms with E-state index in [4.69, 9.17) is 14.3 Å². The van der Waals surface area contributed by atoms with Crippen LogP contribution in [0.3, 0.4) is 0 Å². The third-order valence-corrected chi connectivity index (χ3v) is 8.54. The van der Waals surface area contributed by atoms with E-state index in [2.05, 4.69) is 38.8 Å². The molecule has 1 aromatic heterocycles. The lowest BCUT2D eigenvalue weighted by Crippen LogP contribution is -2.41. The summed E-state index contributed by atoms with van der Waals surface area (Å²) in [5.74, 6) is -0.353. The minimum Gasteiger partial charge on any atom is -0.489 e. The normalized spacial score (nSPS) is 13.3. The van der Waals surface area contributed by atoms with Crippen molar-refractivity contribution < 1.29 is 27.4 Å². The highest BCUT2D eigenvalue weighted by atomic mass is 28.4. The Labute approximate surface area is 135 Å². The molecule has 0 aliphatic heterocycles. The molecular weight excluding hydrogens is 327 g/mol. The fourth-order valence-electron chi connectivity index (χ4n) is 1.57. The third-order valence-electron chi connectivity index (χ3n) is 4.00. The predicted octanol–water partition coefficient (Wildman–Crippen LogP) is 3.99. The summed E-state index contributed by atoms with van der Waals surface area (Å²) in [6.07, 6.45) is -3.58. The molecule has 8 heteroatoms. The van der Waals surface area contributed by atoms with Crippen molar-refractivity contribution in [2.24, 2.45) is 0 Å². The first-order chi connectivity index (χ1) is 10.4.